The zero-order valence-corrected chi connectivity index (χ0v) is 6.80. The van der Waals surface area contributed by atoms with E-state index >= 15 is 0 Å². The fraction of sp³-hybridized carbons (Fsp3) is 0.571. The molecular formula is C7H10F3N3. The molecule has 13 heavy (non-hydrogen) atoms. The second-order valence-electron chi connectivity index (χ2n) is 2.83. The number of alkyl halides is 3. The molecule has 1 fully saturated rings. The van der Waals surface area contributed by atoms with E-state index in [1.165, 1.54) is 0 Å². The van der Waals surface area contributed by atoms with Gasteiger partial charge in [0.1, 0.15) is 0 Å². The molecule has 0 aromatic rings. The van der Waals surface area contributed by atoms with E-state index < -0.39 is 17.6 Å². The summed E-state index contributed by atoms with van der Waals surface area (Å²) < 4.78 is 36.7. The van der Waals surface area contributed by atoms with Crippen LogP contribution in [-0.2, 0) is 0 Å². The Labute approximate surface area is 73.3 Å². The Hall–Kier alpha value is -1.20. The van der Waals surface area contributed by atoms with E-state index in [1.807, 2.05) is 0 Å². The fourth-order valence-corrected chi connectivity index (χ4v) is 0.777. The number of allylic oxidation sites excluding steroid dienone is 1. The molecule has 0 spiro atoms. The van der Waals surface area contributed by atoms with Gasteiger partial charge in [0.15, 0.2) is 5.71 Å². The van der Waals surface area contributed by atoms with Crippen molar-refractivity contribution in [1.29, 1.82) is 0 Å². The summed E-state index contributed by atoms with van der Waals surface area (Å²) in [6.45, 7) is 0. The molecule has 0 aromatic carbocycles. The van der Waals surface area contributed by atoms with Crippen LogP contribution in [-0.4, -0.2) is 17.9 Å². The average molecular weight is 193 g/mol. The van der Waals surface area contributed by atoms with Crippen LogP contribution in [0.2, 0.25) is 0 Å². The number of rotatable bonds is 2. The lowest BCUT2D eigenvalue weighted by molar-refractivity contribution is -0.0585. The van der Waals surface area contributed by atoms with Gasteiger partial charge in [-0.15, -0.1) is 0 Å². The molecule has 74 valence electrons. The highest BCUT2D eigenvalue weighted by Crippen LogP contribution is 2.28. The molecule has 0 atom stereocenters. The van der Waals surface area contributed by atoms with E-state index in [9.17, 15) is 13.2 Å². The Morgan fingerprint density at radius 2 is 1.92 bits per heavy atom. The Morgan fingerprint density at radius 1 is 1.38 bits per heavy atom. The normalized spacial score (nSPS) is 20.5. The van der Waals surface area contributed by atoms with Gasteiger partial charge in [-0.05, 0) is 12.8 Å². The molecule has 0 saturated heterocycles. The van der Waals surface area contributed by atoms with Crippen molar-refractivity contribution in [2.45, 2.75) is 25.1 Å². The number of aliphatic imine (C=N–C) groups is 1. The SMILES string of the molecule is NC=C(N)C(=NC1CC1)C(F)(F)F. The quantitative estimate of drug-likeness (QED) is 0.640. The van der Waals surface area contributed by atoms with Crippen molar-refractivity contribution in [3.05, 3.63) is 11.9 Å². The van der Waals surface area contributed by atoms with E-state index in [0.29, 0.717) is 19.0 Å². The minimum absolute atomic E-state index is 0.227. The molecule has 3 nitrogen and oxygen atoms in total. The van der Waals surface area contributed by atoms with Crippen molar-refractivity contribution in [2.75, 3.05) is 0 Å². The molecule has 0 unspecified atom stereocenters. The maximum Gasteiger partial charge on any atom is 0.435 e. The van der Waals surface area contributed by atoms with Crippen molar-refractivity contribution in [2.24, 2.45) is 16.5 Å². The first-order chi connectivity index (χ1) is 5.95. The van der Waals surface area contributed by atoms with Crippen LogP contribution in [0.25, 0.3) is 0 Å². The van der Waals surface area contributed by atoms with Gasteiger partial charge >= 0.3 is 6.18 Å². The van der Waals surface area contributed by atoms with Gasteiger partial charge in [0.25, 0.3) is 0 Å². The van der Waals surface area contributed by atoms with E-state index in [0.717, 1.165) is 0 Å². The summed E-state index contributed by atoms with van der Waals surface area (Å²) in [6, 6.07) is -0.227. The second kappa shape index (κ2) is 3.27. The number of halogens is 3. The Morgan fingerprint density at radius 3 is 2.23 bits per heavy atom. The van der Waals surface area contributed by atoms with Gasteiger partial charge in [-0.2, -0.15) is 13.2 Å². The summed E-state index contributed by atoms with van der Waals surface area (Å²) in [7, 11) is 0. The lowest BCUT2D eigenvalue weighted by Gasteiger charge is -2.09. The third kappa shape index (κ3) is 2.64. The Kier molecular flexibility index (Phi) is 2.49. The highest BCUT2D eigenvalue weighted by Gasteiger charge is 2.39. The molecule has 0 heterocycles. The predicted octanol–water partition coefficient (Wildman–Crippen LogP) is 0.911. The fourth-order valence-electron chi connectivity index (χ4n) is 0.777. The first-order valence-corrected chi connectivity index (χ1v) is 3.78. The van der Waals surface area contributed by atoms with Gasteiger partial charge in [0.05, 0.1) is 11.7 Å². The van der Waals surface area contributed by atoms with Crippen LogP contribution in [0.4, 0.5) is 13.2 Å². The van der Waals surface area contributed by atoms with Crippen LogP contribution in [0.15, 0.2) is 16.9 Å². The molecule has 0 radical (unpaired) electrons. The Balaban J connectivity index is 2.87. The summed E-state index contributed by atoms with van der Waals surface area (Å²) in [5.41, 5.74) is 8.39. The van der Waals surface area contributed by atoms with Crippen molar-refractivity contribution < 1.29 is 13.2 Å². The van der Waals surface area contributed by atoms with Crippen molar-refractivity contribution in [1.82, 2.24) is 0 Å². The number of hydrogen-bond donors (Lipinski definition) is 2. The molecule has 1 aliphatic rings. The molecule has 1 aliphatic carbocycles. The van der Waals surface area contributed by atoms with Crippen LogP contribution >= 0.6 is 0 Å². The van der Waals surface area contributed by atoms with Gasteiger partial charge in [-0.1, -0.05) is 0 Å². The van der Waals surface area contributed by atoms with Crippen LogP contribution < -0.4 is 11.5 Å². The minimum Gasteiger partial charge on any atom is -0.403 e. The summed E-state index contributed by atoms with van der Waals surface area (Å²) in [5.74, 6) is 0. The molecular weight excluding hydrogens is 183 g/mol. The Bertz CT molecular complexity index is 250. The second-order valence-corrected chi connectivity index (χ2v) is 2.83. The zero-order chi connectivity index (χ0) is 10.1. The van der Waals surface area contributed by atoms with Gasteiger partial charge in [-0.3, -0.25) is 4.99 Å². The summed E-state index contributed by atoms with van der Waals surface area (Å²) in [4.78, 5) is 3.45. The van der Waals surface area contributed by atoms with Gasteiger partial charge in [0, 0.05) is 6.20 Å². The highest BCUT2D eigenvalue weighted by atomic mass is 19.4. The highest BCUT2D eigenvalue weighted by molar-refractivity contribution is 6.03. The molecule has 0 aromatic heterocycles. The molecule has 0 bridgehead atoms. The smallest absolute Gasteiger partial charge is 0.403 e. The summed E-state index contributed by atoms with van der Waals surface area (Å²) in [5, 5.41) is 0. The topological polar surface area (TPSA) is 64.4 Å². The maximum atomic E-state index is 12.2. The first kappa shape index (κ1) is 9.88. The standard InChI is InChI=1S/C7H10F3N3/c8-7(9,10)6(5(12)3-11)13-4-1-2-4/h3-4H,1-2,11-12H2. The largest absolute Gasteiger partial charge is 0.435 e. The molecule has 4 N–H and O–H groups in total. The van der Waals surface area contributed by atoms with Crippen molar-refractivity contribution in [3.8, 4) is 0 Å². The maximum absolute atomic E-state index is 12.2. The monoisotopic (exact) mass is 193 g/mol. The third-order valence-electron chi connectivity index (χ3n) is 1.58. The molecule has 0 amide bonds. The van der Waals surface area contributed by atoms with Crippen LogP contribution in [0, 0.1) is 0 Å². The average Bonchev–Trinajstić information content (AvgIpc) is 2.80. The lowest BCUT2D eigenvalue weighted by Crippen LogP contribution is -2.30. The van der Waals surface area contributed by atoms with Crippen LogP contribution in [0.1, 0.15) is 12.8 Å². The zero-order valence-electron chi connectivity index (χ0n) is 6.80. The summed E-state index contributed by atoms with van der Waals surface area (Å²) in [6.07, 6.45) is -2.41. The predicted molar refractivity (Wildman–Crippen MR) is 43.0 cm³/mol. The lowest BCUT2D eigenvalue weighted by atomic mass is 10.3. The van der Waals surface area contributed by atoms with Crippen molar-refractivity contribution in [3.63, 3.8) is 0 Å². The van der Waals surface area contributed by atoms with Gasteiger partial charge in [0.2, 0.25) is 0 Å². The van der Waals surface area contributed by atoms with Gasteiger partial charge < -0.3 is 11.5 Å². The van der Waals surface area contributed by atoms with E-state index in [1.54, 1.807) is 0 Å². The molecule has 6 heteroatoms. The molecule has 1 rings (SSSR count). The first-order valence-electron chi connectivity index (χ1n) is 3.78. The minimum atomic E-state index is -4.51. The molecule has 1 saturated carbocycles. The van der Waals surface area contributed by atoms with E-state index in [2.05, 4.69) is 4.99 Å². The van der Waals surface area contributed by atoms with Gasteiger partial charge in [-0.25, -0.2) is 0 Å². The van der Waals surface area contributed by atoms with Crippen molar-refractivity contribution >= 4 is 5.71 Å². The molecule has 0 aliphatic heterocycles. The van der Waals surface area contributed by atoms with Crippen LogP contribution in [0.5, 0.6) is 0 Å². The number of hydrogen-bond acceptors (Lipinski definition) is 3. The van der Waals surface area contributed by atoms with Crippen LogP contribution in [0.3, 0.4) is 0 Å². The van der Waals surface area contributed by atoms with E-state index in [4.69, 9.17) is 11.5 Å². The number of nitrogens with two attached hydrogens (primary N) is 2. The van der Waals surface area contributed by atoms with E-state index in [-0.39, 0.29) is 6.04 Å². The third-order valence-corrected chi connectivity index (χ3v) is 1.58. The number of nitrogens with zero attached hydrogens (tertiary/aromatic N) is 1. The summed E-state index contributed by atoms with van der Waals surface area (Å²) >= 11 is 0.